The Morgan fingerprint density at radius 1 is 1.55 bits per heavy atom. The molecule has 1 amide bonds. The van der Waals surface area contributed by atoms with Crippen LogP contribution >= 0.6 is 27.3 Å². The molecule has 2 heterocycles. The van der Waals surface area contributed by atoms with Gasteiger partial charge >= 0.3 is 5.97 Å². The van der Waals surface area contributed by atoms with Crippen LogP contribution < -0.4 is 0 Å². The number of rotatable bonds is 3. The molecule has 6 heteroatoms. The molecule has 1 N–H and O–H groups in total. The molecule has 1 fully saturated rings. The summed E-state index contributed by atoms with van der Waals surface area (Å²) < 4.78 is 0.927. The van der Waals surface area contributed by atoms with E-state index in [2.05, 4.69) is 22.9 Å². The maximum atomic E-state index is 12.5. The van der Waals surface area contributed by atoms with Crippen molar-refractivity contribution in [3.63, 3.8) is 0 Å². The first kappa shape index (κ1) is 15.5. The van der Waals surface area contributed by atoms with Crippen molar-refractivity contribution in [2.75, 3.05) is 6.54 Å². The summed E-state index contributed by atoms with van der Waals surface area (Å²) >= 11 is 4.77. The second-order valence-electron chi connectivity index (χ2n) is 5.22. The Morgan fingerprint density at radius 2 is 2.25 bits per heavy atom. The van der Waals surface area contributed by atoms with Gasteiger partial charge < -0.3 is 10.0 Å². The summed E-state index contributed by atoms with van der Waals surface area (Å²) in [6.07, 6.45) is 2.41. The number of thiophene rings is 1. The number of hydrogen-bond donors (Lipinski definition) is 1. The molecular formula is C14H18BrNO3S. The van der Waals surface area contributed by atoms with Crippen LogP contribution in [0, 0.1) is 12.8 Å². The number of hydrogen-bond acceptors (Lipinski definition) is 3. The highest BCUT2D eigenvalue weighted by Gasteiger charge is 2.36. The first-order valence-corrected chi connectivity index (χ1v) is 8.34. The van der Waals surface area contributed by atoms with Crippen LogP contribution in [0.2, 0.25) is 0 Å². The molecule has 0 spiro atoms. The predicted octanol–water partition coefficient (Wildman–Crippen LogP) is 3.53. The Labute approximate surface area is 130 Å². The van der Waals surface area contributed by atoms with Gasteiger partial charge in [0.15, 0.2) is 0 Å². The van der Waals surface area contributed by atoms with Crippen LogP contribution in [0.25, 0.3) is 0 Å². The van der Waals surface area contributed by atoms with Gasteiger partial charge in [-0.05, 0) is 53.2 Å². The summed E-state index contributed by atoms with van der Waals surface area (Å²) in [5.41, 5.74) is 1.01. The molecule has 0 aliphatic carbocycles. The topological polar surface area (TPSA) is 57.6 Å². The molecule has 110 valence electrons. The lowest BCUT2D eigenvalue weighted by atomic mass is 9.89. The van der Waals surface area contributed by atoms with Gasteiger partial charge in [0.1, 0.15) is 6.04 Å². The Hall–Kier alpha value is -0.880. The lowest BCUT2D eigenvalue weighted by molar-refractivity contribution is -0.144. The van der Waals surface area contributed by atoms with E-state index in [1.165, 1.54) is 16.2 Å². The zero-order valence-corrected chi connectivity index (χ0v) is 14.0. The van der Waals surface area contributed by atoms with E-state index in [4.69, 9.17) is 0 Å². The third kappa shape index (κ3) is 3.06. The van der Waals surface area contributed by atoms with E-state index in [0.717, 1.165) is 22.2 Å². The Kier molecular flexibility index (Phi) is 4.86. The van der Waals surface area contributed by atoms with E-state index < -0.39 is 12.0 Å². The minimum Gasteiger partial charge on any atom is -0.480 e. The Bertz CT molecular complexity index is 509. The van der Waals surface area contributed by atoms with Gasteiger partial charge in [-0.2, -0.15) is 0 Å². The number of halogens is 1. The monoisotopic (exact) mass is 359 g/mol. The molecule has 1 aliphatic heterocycles. The normalized spacial score (nSPS) is 22.9. The number of carboxylic acid groups (broad SMARTS) is 1. The van der Waals surface area contributed by atoms with Crippen molar-refractivity contribution in [2.45, 2.75) is 39.2 Å². The third-order valence-electron chi connectivity index (χ3n) is 3.90. The zero-order chi connectivity index (χ0) is 14.9. The summed E-state index contributed by atoms with van der Waals surface area (Å²) in [4.78, 5) is 26.1. The van der Waals surface area contributed by atoms with E-state index in [1.807, 2.05) is 13.0 Å². The highest BCUT2D eigenvalue weighted by Crippen LogP contribution is 2.31. The first-order chi connectivity index (χ1) is 9.43. The molecule has 0 radical (unpaired) electrons. The van der Waals surface area contributed by atoms with Gasteiger partial charge in [-0.1, -0.05) is 13.3 Å². The second kappa shape index (κ2) is 6.26. The number of aliphatic carboxylic acids is 1. The van der Waals surface area contributed by atoms with E-state index in [-0.39, 0.29) is 5.91 Å². The minimum absolute atomic E-state index is 0.161. The number of carbonyl (C=O) groups is 2. The van der Waals surface area contributed by atoms with Crippen LogP contribution in [0.3, 0.4) is 0 Å². The quantitative estimate of drug-likeness (QED) is 0.897. The molecule has 20 heavy (non-hydrogen) atoms. The average molecular weight is 360 g/mol. The number of piperidine rings is 1. The van der Waals surface area contributed by atoms with Gasteiger partial charge in [-0.25, -0.2) is 4.79 Å². The van der Waals surface area contributed by atoms with Crippen molar-refractivity contribution >= 4 is 39.1 Å². The minimum atomic E-state index is -0.899. The highest BCUT2D eigenvalue weighted by molar-refractivity contribution is 9.11. The van der Waals surface area contributed by atoms with Crippen molar-refractivity contribution in [3.05, 3.63) is 20.3 Å². The SMILES string of the molecule is CCC1CCN(C(=O)c2cc(C)c(Br)s2)C(C(=O)O)C1. The van der Waals surface area contributed by atoms with Gasteiger partial charge in [0, 0.05) is 6.54 Å². The third-order valence-corrected chi connectivity index (χ3v) is 6.03. The Morgan fingerprint density at radius 3 is 2.75 bits per heavy atom. The number of carbonyl (C=O) groups excluding carboxylic acids is 1. The van der Waals surface area contributed by atoms with Gasteiger partial charge in [-0.15, -0.1) is 11.3 Å². The van der Waals surface area contributed by atoms with Gasteiger partial charge in [0.2, 0.25) is 0 Å². The molecule has 4 nitrogen and oxygen atoms in total. The van der Waals surface area contributed by atoms with E-state index in [1.54, 1.807) is 0 Å². The standard InChI is InChI=1S/C14H18BrNO3S/c1-3-9-4-5-16(10(7-9)14(18)19)13(17)11-6-8(2)12(15)20-11/h6,9-10H,3-5,7H2,1-2H3,(H,18,19). The van der Waals surface area contributed by atoms with Crippen LogP contribution in [0.15, 0.2) is 9.85 Å². The van der Waals surface area contributed by atoms with E-state index in [9.17, 15) is 14.7 Å². The summed E-state index contributed by atoms with van der Waals surface area (Å²) in [6.45, 7) is 4.53. The molecular weight excluding hydrogens is 342 g/mol. The summed E-state index contributed by atoms with van der Waals surface area (Å²) in [5.74, 6) is -0.661. The van der Waals surface area contributed by atoms with Gasteiger partial charge in [0.05, 0.1) is 8.66 Å². The van der Waals surface area contributed by atoms with Crippen molar-refractivity contribution in [2.24, 2.45) is 5.92 Å². The van der Waals surface area contributed by atoms with Crippen LogP contribution in [-0.4, -0.2) is 34.5 Å². The van der Waals surface area contributed by atoms with E-state index >= 15 is 0 Å². The fourth-order valence-electron chi connectivity index (χ4n) is 2.59. The maximum Gasteiger partial charge on any atom is 0.326 e. The molecule has 0 bridgehead atoms. The number of carboxylic acids is 1. The van der Waals surface area contributed by atoms with E-state index in [0.29, 0.717) is 23.8 Å². The molecule has 1 aliphatic rings. The number of likely N-dealkylation sites (tertiary alicyclic amines) is 1. The van der Waals surface area contributed by atoms with Crippen molar-refractivity contribution < 1.29 is 14.7 Å². The first-order valence-electron chi connectivity index (χ1n) is 6.73. The largest absolute Gasteiger partial charge is 0.480 e. The summed E-state index contributed by atoms with van der Waals surface area (Å²) in [7, 11) is 0. The van der Waals surface area contributed by atoms with Crippen LogP contribution in [0.5, 0.6) is 0 Å². The van der Waals surface area contributed by atoms with Crippen molar-refractivity contribution in [3.8, 4) is 0 Å². The van der Waals surface area contributed by atoms with Crippen molar-refractivity contribution in [1.29, 1.82) is 0 Å². The molecule has 0 saturated carbocycles. The number of amides is 1. The van der Waals surface area contributed by atoms with Crippen LogP contribution in [-0.2, 0) is 4.79 Å². The second-order valence-corrected chi connectivity index (χ2v) is 7.59. The fourth-order valence-corrected chi connectivity index (χ4v) is 4.08. The maximum absolute atomic E-state index is 12.5. The predicted molar refractivity (Wildman–Crippen MR) is 82.2 cm³/mol. The van der Waals surface area contributed by atoms with Gasteiger partial charge in [-0.3, -0.25) is 4.79 Å². The Balaban J connectivity index is 2.21. The highest BCUT2D eigenvalue weighted by atomic mass is 79.9. The molecule has 1 aromatic heterocycles. The lowest BCUT2D eigenvalue weighted by Crippen LogP contribution is -2.49. The summed E-state index contributed by atoms with van der Waals surface area (Å²) in [5, 5.41) is 9.38. The van der Waals surface area contributed by atoms with Crippen LogP contribution in [0.1, 0.15) is 41.4 Å². The number of aryl methyl sites for hydroxylation is 1. The van der Waals surface area contributed by atoms with Gasteiger partial charge in [0.25, 0.3) is 5.91 Å². The van der Waals surface area contributed by atoms with Crippen LogP contribution in [0.4, 0.5) is 0 Å². The molecule has 1 saturated heterocycles. The fraction of sp³-hybridized carbons (Fsp3) is 0.571. The molecule has 2 rings (SSSR count). The molecule has 0 aromatic carbocycles. The average Bonchev–Trinajstić information content (AvgIpc) is 2.77. The molecule has 2 atom stereocenters. The smallest absolute Gasteiger partial charge is 0.326 e. The molecule has 2 unspecified atom stereocenters. The summed E-state index contributed by atoms with van der Waals surface area (Å²) in [6, 6.07) is 1.13. The lowest BCUT2D eigenvalue weighted by Gasteiger charge is -2.36. The molecule has 1 aromatic rings. The zero-order valence-electron chi connectivity index (χ0n) is 11.6. The van der Waals surface area contributed by atoms with Crippen molar-refractivity contribution in [1.82, 2.24) is 4.90 Å². The number of nitrogens with zero attached hydrogens (tertiary/aromatic N) is 1.